The van der Waals surface area contributed by atoms with E-state index in [9.17, 15) is 8.42 Å². The zero-order valence-electron chi connectivity index (χ0n) is 7.27. The van der Waals surface area contributed by atoms with E-state index in [1.165, 1.54) is 6.20 Å². The molecule has 0 saturated carbocycles. The van der Waals surface area contributed by atoms with Crippen molar-refractivity contribution in [2.75, 3.05) is 17.0 Å². The Balaban J connectivity index is 2.74. The molecule has 14 heavy (non-hydrogen) atoms. The Bertz CT molecular complexity index is 390. The van der Waals surface area contributed by atoms with Gasteiger partial charge in [0.05, 0.1) is 5.75 Å². The summed E-state index contributed by atoms with van der Waals surface area (Å²) in [5.41, 5.74) is 5.15. The number of anilines is 1. The largest absolute Gasteiger partial charge is 0.329 e. The normalized spacial score (nSPS) is 11.3. The van der Waals surface area contributed by atoms with Gasteiger partial charge >= 0.3 is 0 Å². The van der Waals surface area contributed by atoms with Gasteiger partial charge in [0.25, 0.3) is 0 Å². The van der Waals surface area contributed by atoms with Crippen LogP contribution < -0.4 is 10.5 Å². The highest BCUT2D eigenvalue weighted by Gasteiger charge is 2.08. The van der Waals surface area contributed by atoms with E-state index in [2.05, 4.69) is 25.6 Å². The molecule has 1 aromatic heterocycles. The molecule has 0 unspecified atom stereocenters. The number of halogens is 1. The van der Waals surface area contributed by atoms with E-state index >= 15 is 0 Å². The molecule has 0 spiro atoms. The first kappa shape index (κ1) is 11.4. The van der Waals surface area contributed by atoms with Crippen LogP contribution in [0.5, 0.6) is 0 Å². The van der Waals surface area contributed by atoms with Crippen LogP contribution in [0.4, 0.5) is 5.82 Å². The SMILES string of the molecule is NCCS(=O)(=O)Nc1ccc(Br)cn1. The number of sulfonamides is 1. The number of nitrogens with two attached hydrogens (primary N) is 1. The van der Waals surface area contributed by atoms with Gasteiger partial charge in [-0.3, -0.25) is 4.72 Å². The molecular formula is C7H10BrN3O2S. The Morgan fingerprint density at radius 3 is 2.71 bits per heavy atom. The summed E-state index contributed by atoms with van der Waals surface area (Å²) in [5.74, 6) is 0.187. The number of pyridine rings is 1. The number of hydrogen-bond donors (Lipinski definition) is 2. The van der Waals surface area contributed by atoms with E-state index in [-0.39, 0.29) is 12.3 Å². The first-order valence-electron chi connectivity index (χ1n) is 3.85. The summed E-state index contributed by atoms with van der Waals surface area (Å²) >= 11 is 3.20. The van der Waals surface area contributed by atoms with Gasteiger partial charge in [-0.05, 0) is 28.1 Å². The Morgan fingerprint density at radius 2 is 2.21 bits per heavy atom. The molecule has 0 bridgehead atoms. The van der Waals surface area contributed by atoms with Crippen molar-refractivity contribution in [2.45, 2.75) is 0 Å². The molecule has 78 valence electrons. The number of hydrogen-bond acceptors (Lipinski definition) is 4. The van der Waals surface area contributed by atoms with Gasteiger partial charge in [0.15, 0.2) is 0 Å². The molecule has 0 saturated heterocycles. The molecule has 1 heterocycles. The predicted molar refractivity (Wildman–Crippen MR) is 58.4 cm³/mol. The van der Waals surface area contributed by atoms with Crippen molar-refractivity contribution in [3.8, 4) is 0 Å². The fourth-order valence-corrected chi connectivity index (χ4v) is 1.89. The van der Waals surface area contributed by atoms with Gasteiger partial charge in [-0.2, -0.15) is 0 Å². The average molecular weight is 280 g/mol. The maximum absolute atomic E-state index is 11.2. The van der Waals surface area contributed by atoms with Crippen LogP contribution in [-0.4, -0.2) is 25.7 Å². The summed E-state index contributed by atoms with van der Waals surface area (Å²) < 4.78 is 25.6. The second kappa shape index (κ2) is 4.72. The van der Waals surface area contributed by atoms with E-state index < -0.39 is 10.0 Å². The molecule has 0 fully saturated rings. The molecule has 1 rings (SSSR count). The summed E-state index contributed by atoms with van der Waals surface area (Å²) in [7, 11) is -3.35. The fraction of sp³-hybridized carbons (Fsp3) is 0.286. The van der Waals surface area contributed by atoms with Crippen molar-refractivity contribution in [3.63, 3.8) is 0 Å². The van der Waals surface area contributed by atoms with Crippen LogP contribution in [0.25, 0.3) is 0 Å². The molecule has 0 radical (unpaired) electrons. The van der Waals surface area contributed by atoms with E-state index in [1.807, 2.05) is 0 Å². The van der Waals surface area contributed by atoms with Gasteiger partial charge in [0, 0.05) is 17.2 Å². The maximum atomic E-state index is 11.2. The summed E-state index contributed by atoms with van der Waals surface area (Å²) in [6, 6.07) is 3.27. The third kappa shape index (κ3) is 3.60. The highest BCUT2D eigenvalue weighted by molar-refractivity contribution is 9.10. The van der Waals surface area contributed by atoms with Crippen LogP contribution >= 0.6 is 15.9 Å². The fourth-order valence-electron chi connectivity index (χ4n) is 0.802. The summed E-state index contributed by atoms with van der Waals surface area (Å²) in [4.78, 5) is 3.87. The monoisotopic (exact) mass is 279 g/mol. The van der Waals surface area contributed by atoms with E-state index in [1.54, 1.807) is 12.1 Å². The molecule has 1 aromatic rings. The van der Waals surface area contributed by atoms with Crippen LogP contribution in [-0.2, 0) is 10.0 Å². The highest BCUT2D eigenvalue weighted by Crippen LogP contribution is 2.11. The first-order chi connectivity index (χ1) is 6.53. The van der Waals surface area contributed by atoms with E-state index in [4.69, 9.17) is 5.73 Å². The summed E-state index contributed by atoms with van der Waals surface area (Å²) in [5, 5.41) is 0. The highest BCUT2D eigenvalue weighted by atomic mass is 79.9. The lowest BCUT2D eigenvalue weighted by Gasteiger charge is -2.05. The van der Waals surface area contributed by atoms with Gasteiger partial charge in [0.1, 0.15) is 5.82 Å². The number of rotatable bonds is 4. The second-order valence-corrected chi connectivity index (χ2v) is 5.33. The number of aromatic nitrogens is 1. The van der Waals surface area contributed by atoms with Crippen molar-refractivity contribution in [1.29, 1.82) is 0 Å². The third-order valence-corrected chi connectivity index (χ3v) is 3.14. The molecule has 0 atom stereocenters. The molecular weight excluding hydrogens is 270 g/mol. The predicted octanol–water partition coefficient (Wildman–Crippen LogP) is 0.544. The molecule has 0 aliphatic carbocycles. The van der Waals surface area contributed by atoms with E-state index in [0.717, 1.165) is 4.47 Å². The van der Waals surface area contributed by atoms with Crippen molar-refractivity contribution in [2.24, 2.45) is 5.73 Å². The summed E-state index contributed by atoms with van der Waals surface area (Å²) in [6.45, 7) is 0.0891. The van der Waals surface area contributed by atoms with Gasteiger partial charge in [0.2, 0.25) is 10.0 Å². The minimum Gasteiger partial charge on any atom is -0.329 e. The van der Waals surface area contributed by atoms with Crippen molar-refractivity contribution in [1.82, 2.24) is 4.98 Å². The minimum atomic E-state index is -3.35. The Hall–Kier alpha value is -0.660. The lowest BCUT2D eigenvalue weighted by Crippen LogP contribution is -2.22. The standard InChI is InChI=1S/C7H10BrN3O2S/c8-6-1-2-7(10-5-6)11-14(12,13)4-3-9/h1-2,5H,3-4,9H2,(H,10,11). The van der Waals surface area contributed by atoms with Crippen LogP contribution in [0.2, 0.25) is 0 Å². The first-order valence-corrected chi connectivity index (χ1v) is 6.30. The minimum absolute atomic E-state index is 0.0891. The lowest BCUT2D eigenvalue weighted by molar-refractivity contribution is 0.601. The number of nitrogens with zero attached hydrogens (tertiary/aromatic N) is 1. The Morgan fingerprint density at radius 1 is 1.50 bits per heavy atom. The quantitative estimate of drug-likeness (QED) is 0.843. The van der Waals surface area contributed by atoms with Gasteiger partial charge in [-0.15, -0.1) is 0 Å². The van der Waals surface area contributed by atoms with Crippen molar-refractivity contribution in [3.05, 3.63) is 22.8 Å². The smallest absolute Gasteiger partial charge is 0.235 e. The van der Waals surface area contributed by atoms with Gasteiger partial charge < -0.3 is 5.73 Å². The Labute approximate surface area is 90.9 Å². The maximum Gasteiger partial charge on any atom is 0.235 e. The molecule has 7 heteroatoms. The Kier molecular flexibility index (Phi) is 3.85. The van der Waals surface area contributed by atoms with Crippen LogP contribution in [0, 0.1) is 0 Å². The van der Waals surface area contributed by atoms with E-state index in [0.29, 0.717) is 5.82 Å². The zero-order chi connectivity index (χ0) is 10.6. The molecule has 0 amide bonds. The van der Waals surface area contributed by atoms with Crippen LogP contribution in [0.3, 0.4) is 0 Å². The third-order valence-electron chi connectivity index (χ3n) is 1.37. The van der Waals surface area contributed by atoms with Gasteiger partial charge in [-0.25, -0.2) is 13.4 Å². The zero-order valence-corrected chi connectivity index (χ0v) is 9.68. The lowest BCUT2D eigenvalue weighted by atomic mass is 10.5. The average Bonchev–Trinajstić information content (AvgIpc) is 2.08. The molecule has 3 N–H and O–H groups in total. The molecule has 5 nitrogen and oxygen atoms in total. The van der Waals surface area contributed by atoms with Crippen molar-refractivity contribution < 1.29 is 8.42 Å². The van der Waals surface area contributed by atoms with Crippen LogP contribution in [0.1, 0.15) is 0 Å². The molecule has 0 aliphatic heterocycles. The summed E-state index contributed by atoms with van der Waals surface area (Å²) in [6.07, 6.45) is 1.51. The molecule has 0 aliphatic rings. The van der Waals surface area contributed by atoms with Crippen LogP contribution in [0.15, 0.2) is 22.8 Å². The number of nitrogens with one attached hydrogen (secondary N) is 1. The topological polar surface area (TPSA) is 85.1 Å². The van der Waals surface area contributed by atoms with Crippen molar-refractivity contribution >= 4 is 31.8 Å². The van der Waals surface area contributed by atoms with Gasteiger partial charge in [-0.1, -0.05) is 0 Å². The second-order valence-electron chi connectivity index (χ2n) is 2.57. The molecule has 0 aromatic carbocycles.